The first-order valence-electron chi connectivity index (χ1n) is 7.21. The third-order valence-electron chi connectivity index (χ3n) is 3.92. The molecule has 0 saturated carbocycles. The van der Waals surface area contributed by atoms with Gasteiger partial charge in [0.2, 0.25) is 0 Å². The molecule has 2 heterocycles. The maximum atomic E-state index is 6.36. The number of aryl methyl sites for hydroxylation is 1. The Morgan fingerprint density at radius 3 is 2.89 bits per heavy atom. The van der Waals surface area contributed by atoms with Gasteiger partial charge in [0.25, 0.3) is 0 Å². The fraction of sp³-hybridized carbons (Fsp3) is 0.786. The highest BCUT2D eigenvalue weighted by Crippen LogP contribution is 2.38. The first-order valence-corrected chi connectivity index (χ1v) is 7.58. The van der Waals surface area contributed by atoms with Gasteiger partial charge in [-0.05, 0) is 39.7 Å². The number of hydrogen-bond donors (Lipinski definition) is 1. The number of hydrogen-bond acceptors (Lipinski definition) is 3. The normalized spacial score (nSPS) is 25.5. The fourth-order valence-corrected chi connectivity index (χ4v) is 3.15. The highest BCUT2D eigenvalue weighted by molar-refractivity contribution is 6.31. The van der Waals surface area contributed by atoms with Gasteiger partial charge in [-0.2, -0.15) is 5.10 Å². The molecule has 2 atom stereocenters. The van der Waals surface area contributed by atoms with E-state index in [4.69, 9.17) is 16.3 Å². The predicted molar refractivity (Wildman–Crippen MR) is 77.5 cm³/mol. The van der Waals surface area contributed by atoms with Crippen LogP contribution < -0.4 is 5.32 Å². The molecule has 0 spiro atoms. The van der Waals surface area contributed by atoms with Gasteiger partial charge in [0, 0.05) is 13.2 Å². The van der Waals surface area contributed by atoms with Gasteiger partial charge >= 0.3 is 0 Å². The molecule has 2 rings (SSSR count). The zero-order valence-corrected chi connectivity index (χ0v) is 12.8. The van der Waals surface area contributed by atoms with Crippen molar-refractivity contribution in [3.05, 3.63) is 16.9 Å². The Bertz CT molecular complexity index is 413. The van der Waals surface area contributed by atoms with Crippen molar-refractivity contribution < 1.29 is 4.74 Å². The summed E-state index contributed by atoms with van der Waals surface area (Å²) < 4.78 is 8.07. The molecule has 0 aromatic carbocycles. The standard InChI is InChI=1S/C14H24ClN3O/c1-4-16-13(14(3)8-6-7-9-19-14)12-11(15)10-17-18(12)5-2/h10,13,16H,4-9H2,1-3H3. The number of likely N-dealkylation sites (N-methyl/N-ethyl adjacent to an activating group) is 1. The van der Waals surface area contributed by atoms with E-state index in [1.165, 1.54) is 6.42 Å². The van der Waals surface area contributed by atoms with E-state index < -0.39 is 0 Å². The maximum Gasteiger partial charge on any atom is 0.0864 e. The SMILES string of the molecule is CCNC(c1c(Cl)cnn1CC)C1(C)CCCCO1. The van der Waals surface area contributed by atoms with Gasteiger partial charge in [0.15, 0.2) is 0 Å². The third-order valence-corrected chi connectivity index (χ3v) is 4.22. The first kappa shape index (κ1) is 14.8. The van der Waals surface area contributed by atoms with E-state index in [9.17, 15) is 0 Å². The van der Waals surface area contributed by atoms with Gasteiger partial charge < -0.3 is 10.1 Å². The van der Waals surface area contributed by atoms with Crippen molar-refractivity contribution >= 4 is 11.6 Å². The van der Waals surface area contributed by atoms with E-state index in [2.05, 4.69) is 31.2 Å². The Kier molecular flexibility index (Phi) is 4.87. The van der Waals surface area contributed by atoms with E-state index in [0.29, 0.717) is 0 Å². The Morgan fingerprint density at radius 1 is 1.53 bits per heavy atom. The molecule has 19 heavy (non-hydrogen) atoms. The summed E-state index contributed by atoms with van der Waals surface area (Å²) in [5.74, 6) is 0. The minimum atomic E-state index is -0.204. The molecule has 4 nitrogen and oxygen atoms in total. The molecule has 1 saturated heterocycles. The summed E-state index contributed by atoms with van der Waals surface area (Å²) in [6.07, 6.45) is 5.14. The fourth-order valence-electron chi connectivity index (χ4n) is 2.90. The monoisotopic (exact) mass is 285 g/mol. The van der Waals surface area contributed by atoms with Crippen molar-refractivity contribution in [2.24, 2.45) is 0 Å². The molecule has 108 valence electrons. The molecule has 0 aliphatic carbocycles. The minimum Gasteiger partial charge on any atom is -0.373 e. The second-order valence-corrected chi connectivity index (χ2v) is 5.71. The summed E-state index contributed by atoms with van der Waals surface area (Å²) in [6, 6.07) is 0.0905. The average molecular weight is 286 g/mol. The summed E-state index contributed by atoms with van der Waals surface area (Å²) >= 11 is 6.36. The molecule has 1 aliphatic heterocycles. The van der Waals surface area contributed by atoms with Crippen LogP contribution in [-0.2, 0) is 11.3 Å². The van der Waals surface area contributed by atoms with E-state index in [1.807, 2.05) is 4.68 Å². The molecule has 0 radical (unpaired) electrons. The van der Waals surface area contributed by atoms with Crippen molar-refractivity contribution in [2.45, 2.75) is 58.2 Å². The van der Waals surface area contributed by atoms with Crippen LogP contribution in [-0.4, -0.2) is 28.5 Å². The summed E-state index contributed by atoms with van der Waals surface area (Å²) in [5.41, 5.74) is 0.848. The quantitative estimate of drug-likeness (QED) is 0.903. The lowest BCUT2D eigenvalue weighted by molar-refractivity contribution is -0.0910. The van der Waals surface area contributed by atoms with Crippen LogP contribution in [0.3, 0.4) is 0 Å². The second kappa shape index (κ2) is 6.25. The summed E-state index contributed by atoms with van der Waals surface area (Å²) in [6.45, 7) is 8.91. The van der Waals surface area contributed by atoms with Gasteiger partial charge in [-0.1, -0.05) is 18.5 Å². The summed E-state index contributed by atoms with van der Waals surface area (Å²) in [7, 11) is 0. The molecule has 1 aliphatic rings. The van der Waals surface area contributed by atoms with Crippen LogP contribution in [0, 0.1) is 0 Å². The van der Waals surface area contributed by atoms with E-state index in [-0.39, 0.29) is 11.6 Å². The van der Waals surface area contributed by atoms with Crippen molar-refractivity contribution in [2.75, 3.05) is 13.2 Å². The van der Waals surface area contributed by atoms with Crippen LogP contribution in [0.1, 0.15) is 51.8 Å². The molecule has 1 fully saturated rings. The van der Waals surface area contributed by atoms with Gasteiger partial charge in [-0.3, -0.25) is 4.68 Å². The van der Waals surface area contributed by atoms with Gasteiger partial charge in [0.1, 0.15) is 0 Å². The average Bonchev–Trinajstić information content (AvgIpc) is 2.77. The number of aromatic nitrogens is 2. The van der Waals surface area contributed by atoms with Crippen LogP contribution in [0.15, 0.2) is 6.20 Å². The van der Waals surface area contributed by atoms with Crippen molar-refractivity contribution in [1.29, 1.82) is 0 Å². The molecular weight excluding hydrogens is 262 g/mol. The van der Waals surface area contributed by atoms with Gasteiger partial charge in [0.05, 0.1) is 28.6 Å². The summed E-state index contributed by atoms with van der Waals surface area (Å²) in [5, 5.41) is 8.62. The van der Waals surface area contributed by atoms with Crippen molar-refractivity contribution in [3.63, 3.8) is 0 Å². The molecule has 1 N–H and O–H groups in total. The summed E-state index contributed by atoms with van der Waals surface area (Å²) in [4.78, 5) is 0. The molecule has 5 heteroatoms. The Hall–Kier alpha value is -0.580. The predicted octanol–water partition coefficient (Wildman–Crippen LogP) is 3.17. The Morgan fingerprint density at radius 2 is 2.32 bits per heavy atom. The second-order valence-electron chi connectivity index (χ2n) is 5.30. The maximum absolute atomic E-state index is 6.36. The smallest absolute Gasteiger partial charge is 0.0864 e. The molecule has 0 amide bonds. The Labute approximate surface area is 120 Å². The lowest BCUT2D eigenvalue weighted by atomic mass is 9.86. The number of rotatable bonds is 5. The van der Waals surface area contributed by atoms with Gasteiger partial charge in [-0.25, -0.2) is 0 Å². The zero-order valence-electron chi connectivity index (χ0n) is 12.1. The number of ether oxygens (including phenoxy) is 1. The third kappa shape index (κ3) is 2.96. The van der Waals surface area contributed by atoms with Gasteiger partial charge in [-0.15, -0.1) is 0 Å². The molecule has 0 bridgehead atoms. The largest absolute Gasteiger partial charge is 0.373 e. The number of halogens is 1. The lowest BCUT2D eigenvalue weighted by Gasteiger charge is -2.41. The van der Waals surface area contributed by atoms with E-state index in [0.717, 1.165) is 43.3 Å². The number of nitrogens with zero attached hydrogens (tertiary/aromatic N) is 2. The lowest BCUT2D eigenvalue weighted by Crippen LogP contribution is -2.46. The zero-order chi connectivity index (χ0) is 13.9. The van der Waals surface area contributed by atoms with Crippen LogP contribution in [0.2, 0.25) is 5.02 Å². The topological polar surface area (TPSA) is 39.1 Å². The number of nitrogens with one attached hydrogen (secondary N) is 1. The molecule has 2 unspecified atom stereocenters. The van der Waals surface area contributed by atoms with E-state index >= 15 is 0 Å². The highest BCUT2D eigenvalue weighted by Gasteiger charge is 2.40. The van der Waals surface area contributed by atoms with Crippen LogP contribution in [0.5, 0.6) is 0 Å². The molecular formula is C14H24ClN3O. The van der Waals surface area contributed by atoms with Crippen molar-refractivity contribution in [1.82, 2.24) is 15.1 Å². The first-order chi connectivity index (χ1) is 9.12. The highest BCUT2D eigenvalue weighted by atomic mass is 35.5. The van der Waals surface area contributed by atoms with Crippen molar-refractivity contribution in [3.8, 4) is 0 Å². The van der Waals surface area contributed by atoms with Crippen LogP contribution in [0.4, 0.5) is 0 Å². The Balaban J connectivity index is 2.35. The van der Waals surface area contributed by atoms with Crippen LogP contribution in [0.25, 0.3) is 0 Å². The molecule has 1 aromatic rings. The minimum absolute atomic E-state index is 0.0905. The van der Waals surface area contributed by atoms with Crippen LogP contribution >= 0.6 is 11.6 Å². The van der Waals surface area contributed by atoms with E-state index in [1.54, 1.807) is 6.20 Å². The molecule has 1 aromatic heterocycles.